The van der Waals surface area contributed by atoms with Gasteiger partial charge in [0.1, 0.15) is 16.9 Å². The molecular weight excluding hydrogens is 300 g/mol. The van der Waals surface area contributed by atoms with E-state index in [1.54, 1.807) is 45.3 Å². The van der Waals surface area contributed by atoms with Gasteiger partial charge < -0.3 is 19.0 Å². The molecule has 3 heterocycles. The van der Waals surface area contributed by atoms with E-state index in [4.69, 9.17) is 13.7 Å². The molecule has 1 amide bonds. The number of aromatic nitrogens is 3. The number of amides is 1. The van der Waals surface area contributed by atoms with Gasteiger partial charge in [0.2, 0.25) is 0 Å². The van der Waals surface area contributed by atoms with Gasteiger partial charge in [0.15, 0.2) is 12.4 Å². The fourth-order valence-corrected chi connectivity index (χ4v) is 2.04. The van der Waals surface area contributed by atoms with Crippen molar-refractivity contribution in [1.29, 1.82) is 0 Å². The Balaban J connectivity index is 1.91. The number of fused-ring (bicyclic) bond motifs is 1. The predicted molar refractivity (Wildman–Crippen MR) is 79.5 cm³/mol. The fourth-order valence-electron chi connectivity index (χ4n) is 2.04. The summed E-state index contributed by atoms with van der Waals surface area (Å²) in [5, 5.41) is 7.06. The minimum Gasteiger partial charge on any atom is -0.458 e. The van der Waals surface area contributed by atoms with Gasteiger partial charge in [0.05, 0.1) is 0 Å². The molecule has 0 fully saturated rings. The van der Waals surface area contributed by atoms with Crippen molar-refractivity contribution in [1.82, 2.24) is 20.4 Å². The van der Waals surface area contributed by atoms with Crippen LogP contribution in [-0.2, 0) is 4.74 Å². The van der Waals surface area contributed by atoms with Gasteiger partial charge >= 0.3 is 6.09 Å². The molecule has 3 aromatic heterocycles. The van der Waals surface area contributed by atoms with Crippen LogP contribution in [0.2, 0.25) is 0 Å². The molecule has 0 bridgehead atoms. The fraction of sp³-hybridized carbons (Fsp3) is 0.333. The van der Waals surface area contributed by atoms with E-state index in [9.17, 15) is 4.79 Å². The van der Waals surface area contributed by atoms with Crippen molar-refractivity contribution < 1.29 is 18.5 Å². The Morgan fingerprint density at radius 1 is 1.39 bits per heavy atom. The lowest BCUT2D eigenvalue weighted by molar-refractivity contribution is 0.0499. The van der Waals surface area contributed by atoms with Crippen molar-refractivity contribution in [2.24, 2.45) is 0 Å². The summed E-state index contributed by atoms with van der Waals surface area (Å²) < 4.78 is 16.1. The Labute approximate surface area is 131 Å². The molecular formula is C15H16N4O4. The van der Waals surface area contributed by atoms with E-state index >= 15 is 0 Å². The Hall–Kier alpha value is -2.90. The molecule has 0 aliphatic rings. The Morgan fingerprint density at radius 2 is 2.22 bits per heavy atom. The van der Waals surface area contributed by atoms with Crippen molar-refractivity contribution in [3.8, 4) is 0 Å². The summed E-state index contributed by atoms with van der Waals surface area (Å²) in [5.41, 5.74) is 0.0202. The lowest BCUT2D eigenvalue weighted by atomic mass is 10.2. The minimum atomic E-state index is -0.750. The first-order valence-electron chi connectivity index (χ1n) is 7.02. The zero-order valence-electron chi connectivity index (χ0n) is 12.9. The number of ether oxygens (including phenoxy) is 1. The van der Waals surface area contributed by atoms with Crippen LogP contribution in [0.1, 0.15) is 38.5 Å². The molecule has 8 heteroatoms. The molecule has 23 heavy (non-hydrogen) atoms. The summed E-state index contributed by atoms with van der Waals surface area (Å²) in [5.74, 6) is 0.644. The molecule has 3 aromatic rings. The second-order valence-corrected chi connectivity index (χ2v) is 5.92. The highest BCUT2D eigenvalue weighted by Crippen LogP contribution is 2.27. The van der Waals surface area contributed by atoms with Crippen LogP contribution in [0.4, 0.5) is 4.79 Å². The van der Waals surface area contributed by atoms with Crippen molar-refractivity contribution in [2.75, 3.05) is 0 Å². The molecule has 3 rings (SSSR count). The monoisotopic (exact) mass is 316 g/mol. The summed E-state index contributed by atoms with van der Waals surface area (Å²) in [6.07, 6.45) is 3.93. The number of nitrogens with zero attached hydrogens (tertiary/aromatic N) is 3. The quantitative estimate of drug-likeness (QED) is 0.792. The zero-order valence-corrected chi connectivity index (χ0v) is 12.9. The van der Waals surface area contributed by atoms with Gasteiger partial charge in [-0.05, 0) is 32.9 Å². The van der Waals surface area contributed by atoms with Crippen LogP contribution in [0.3, 0.4) is 0 Å². The van der Waals surface area contributed by atoms with Gasteiger partial charge in [0.25, 0.3) is 5.89 Å². The summed E-state index contributed by atoms with van der Waals surface area (Å²) in [7, 11) is 0. The lowest BCUT2D eigenvalue weighted by Crippen LogP contribution is -2.35. The predicted octanol–water partition coefficient (Wildman–Crippen LogP) is 2.82. The third-order valence-electron chi connectivity index (χ3n) is 2.91. The third-order valence-corrected chi connectivity index (χ3v) is 2.91. The molecule has 0 saturated heterocycles. The van der Waals surface area contributed by atoms with Gasteiger partial charge in [-0.2, -0.15) is 4.98 Å². The SMILES string of the molecule is CC(C)(C)OC(=O)NC(c1cc2cnccc2o1)c1ncno1. The highest BCUT2D eigenvalue weighted by molar-refractivity contribution is 5.77. The Morgan fingerprint density at radius 3 is 2.87 bits per heavy atom. The van der Waals surface area contributed by atoms with Crippen LogP contribution < -0.4 is 5.32 Å². The van der Waals surface area contributed by atoms with Gasteiger partial charge in [0, 0.05) is 17.8 Å². The smallest absolute Gasteiger partial charge is 0.408 e. The number of carbonyl (C=O) groups is 1. The van der Waals surface area contributed by atoms with Crippen molar-refractivity contribution >= 4 is 17.1 Å². The van der Waals surface area contributed by atoms with Gasteiger partial charge in [-0.3, -0.25) is 4.98 Å². The van der Waals surface area contributed by atoms with Crippen LogP contribution in [-0.4, -0.2) is 26.8 Å². The summed E-state index contributed by atoms with van der Waals surface area (Å²) >= 11 is 0. The number of furan rings is 1. The van der Waals surface area contributed by atoms with Crippen LogP contribution in [0.15, 0.2) is 39.8 Å². The van der Waals surface area contributed by atoms with Crippen molar-refractivity contribution in [3.05, 3.63) is 42.5 Å². The van der Waals surface area contributed by atoms with Gasteiger partial charge in [-0.25, -0.2) is 4.79 Å². The molecule has 0 radical (unpaired) electrons. The largest absolute Gasteiger partial charge is 0.458 e. The number of hydrogen-bond donors (Lipinski definition) is 1. The van der Waals surface area contributed by atoms with Crippen LogP contribution >= 0.6 is 0 Å². The van der Waals surface area contributed by atoms with Crippen molar-refractivity contribution in [3.63, 3.8) is 0 Å². The number of pyridine rings is 1. The first kappa shape index (κ1) is 15.0. The van der Waals surface area contributed by atoms with E-state index in [-0.39, 0.29) is 5.89 Å². The lowest BCUT2D eigenvalue weighted by Gasteiger charge is -2.21. The molecule has 1 atom stereocenters. The van der Waals surface area contributed by atoms with Crippen molar-refractivity contribution in [2.45, 2.75) is 32.4 Å². The molecule has 8 nitrogen and oxygen atoms in total. The molecule has 1 unspecified atom stereocenters. The third kappa shape index (κ3) is 3.47. The minimum absolute atomic E-state index is 0.197. The topological polar surface area (TPSA) is 103 Å². The molecule has 0 saturated carbocycles. The summed E-state index contributed by atoms with van der Waals surface area (Å²) in [6, 6.07) is 2.74. The first-order valence-corrected chi connectivity index (χ1v) is 7.02. The van der Waals surface area contributed by atoms with Crippen LogP contribution in [0.25, 0.3) is 11.0 Å². The molecule has 0 aliphatic heterocycles. The highest BCUT2D eigenvalue weighted by atomic mass is 16.6. The van der Waals surface area contributed by atoms with E-state index in [1.165, 1.54) is 6.33 Å². The highest BCUT2D eigenvalue weighted by Gasteiger charge is 2.28. The van der Waals surface area contributed by atoms with E-state index in [1.807, 2.05) is 0 Å². The van der Waals surface area contributed by atoms with Gasteiger partial charge in [-0.1, -0.05) is 5.16 Å². The number of alkyl carbamates (subject to hydrolysis) is 1. The van der Waals surface area contributed by atoms with E-state index in [0.29, 0.717) is 11.3 Å². The maximum atomic E-state index is 12.1. The second kappa shape index (κ2) is 5.71. The number of carbonyl (C=O) groups excluding carboxylic acids is 1. The molecule has 1 N–H and O–H groups in total. The molecule has 0 spiro atoms. The van der Waals surface area contributed by atoms with E-state index in [2.05, 4.69) is 20.4 Å². The van der Waals surface area contributed by atoms with Crippen LogP contribution in [0, 0.1) is 0 Å². The summed E-state index contributed by atoms with van der Waals surface area (Å²) in [4.78, 5) is 20.1. The standard InChI is InChI=1S/C15H16N4O4/c1-15(2,3)22-14(20)19-12(13-17-8-18-23-13)11-6-9-7-16-5-4-10(9)21-11/h4-8,12H,1-3H3,(H,19,20). The molecule has 0 aliphatic carbocycles. The normalized spacial score (nSPS) is 13.0. The number of rotatable bonds is 3. The van der Waals surface area contributed by atoms with E-state index in [0.717, 1.165) is 5.39 Å². The first-order chi connectivity index (χ1) is 10.9. The van der Waals surface area contributed by atoms with Crippen LogP contribution in [0.5, 0.6) is 0 Å². The zero-order chi connectivity index (χ0) is 16.4. The van der Waals surface area contributed by atoms with Gasteiger partial charge in [-0.15, -0.1) is 0 Å². The maximum absolute atomic E-state index is 12.1. The Kier molecular flexibility index (Phi) is 3.73. The maximum Gasteiger partial charge on any atom is 0.408 e. The second-order valence-electron chi connectivity index (χ2n) is 5.92. The van der Waals surface area contributed by atoms with E-state index < -0.39 is 17.7 Å². The Bertz CT molecular complexity index is 771. The molecule has 120 valence electrons. The number of hydrogen-bond acceptors (Lipinski definition) is 7. The average molecular weight is 316 g/mol. The number of nitrogens with one attached hydrogen (secondary N) is 1. The summed E-state index contributed by atoms with van der Waals surface area (Å²) in [6.45, 7) is 5.34. The molecule has 0 aromatic carbocycles. The average Bonchev–Trinajstić information content (AvgIpc) is 3.12.